The molecule has 2 aromatic carbocycles. The summed E-state index contributed by atoms with van der Waals surface area (Å²) < 4.78 is 1.18. The third-order valence-corrected chi connectivity index (χ3v) is 2.90. The molecule has 0 saturated heterocycles. The van der Waals surface area contributed by atoms with Crippen molar-refractivity contribution in [2.75, 3.05) is 0 Å². The number of hydrogen-bond donors (Lipinski definition) is 0. The standard InChI is InChI=1S/C9H6Br.C5H5.2ClH.Zr/c10-9-6-5-7-3-1-2-4-8(7)9;1-2-4-5-3-1;;;/h1-6H;1-3H,4H2;2*1H;/q2*-1;;;+4/p-2. The van der Waals surface area contributed by atoms with Gasteiger partial charge in [0.25, 0.3) is 0 Å². The first kappa shape index (κ1) is 20.6. The summed E-state index contributed by atoms with van der Waals surface area (Å²) in [6, 6.07) is 12.5. The Labute approximate surface area is 148 Å². The van der Waals surface area contributed by atoms with Crippen LogP contribution in [0.2, 0.25) is 0 Å². The maximum absolute atomic E-state index is 3.47. The largest absolute Gasteiger partial charge is 4.00 e. The van der Waals surface area contributed by atoms with Gasteiger partial charge in [0, 0.05) is 0 Å². The molecule has 3 rings (SSSR count). The Bertz CT molecular complexity index is 493. The maximum Gasteiger partial charge on any atom is 4.00 e. The van der Waals surface area contributed by atoms with Crippen molar-refractivity contribution >= 4 is 26.7 Å². The fourth-order valence-electron chi connectivity index (χ4n) is 1.45. The van der Waals surface area contributed by atoms with Gasteiger partial charge < -0.3 is 24.8 Å². The molecule has 0 nitrogen and oxygen atoms in total. The third kappa shape index (κ3) is 5.93. The topological polar surface area (TPSA) is 0 Å². The molecule has 0 radical (unpaired) electrons. The molecule has 0 heterocycles. The van der Waals surface area contributed by atoms with Crippen LogP contribution in [-0.4, -0.2) is 0 Å². The molecular formula is C14H11BrCl2Zr. The molecule has 0 atom stereocenters. The van der Waals surface area contributed by atoms with E-state index in [1.54, 1.807) is 0 Å². The Hall–Kier alpha value is 0.253. The van der Waals surface area contributed by atoms with Crippen molar-refractivity contribution in [1.82, 2.24) is 0 Å². The molecule has 0 fully saturated rings. The molecule has 18 heavy (non-hydrogen) atoms. The van der Waals surface area contributed by atoms with E-state index in [0.717, 1.165) is 6.42 Å². The van der Waals surface area contributed by atoms with E-state index >= 15 is 0 Å². The first-order chi connectivity index (χ1) is 7.38. The predicted octanol–water partition coefficient (Wildman–Crippen LogP) is -1.37. The smallest absolute Gasteiger partial charge is 1.00 e. The van der Waals surface area contributed by atoms with Crippen LogP contribution in [0.4, 0.5) is 0 Å². The van der Waals surface area contributed by atoms with Crippen LogP contribution < -0.4 is 24.8 Å². The Kier molecular flexibility index (Phi) is 12.7. The molecule has 0 spiro atoms. The summed E-state index contributed by atoms with van der Waals surface area (Å²) in [5, 5.41) is 2.59. The van der Waals surface area contributed by atoms with Crippen LogP contribution in [0.1, 0.15) is 6.42 Å². The first-order valence-electron chi connectivity index (χ1n) is 4.89. The predicted molar refractivity (Wildman–Crippen MR) is 68.8 cm³/mol. The Morgan fingerprint density at radius 3 is 2.39 bits per heavy atom. The second-order valence-corrected chi connectivity index (χ2v) is 4.13. The van der Waals surface area contributed by atoms with Gasteiger partial charge in [0.05, 0.1) is 0 Å². The molecule has 1 aliphatic rings. The number of rotatable bonds is 0. The van der Waals surface area contributed by atoms with Gasteiger partial charge in [-0.25, -0.2) is 12.2 Å². The molecule has 1 aliphatic carbocycles. The van der Waals surface area contributed by atoms with Gasteiger partial charge in [-0.2, -0.15) is 6.08 Å². The second-order valence-electron chi connectivity index (χ2n) is 3.27. The van der Waals surface area contributed by atoms with Crippen molar-refractivity contribution in [3.8, 4) is 0 Å². The zero-order valence-electron chi connectivity index (χ0n) is 9.54. The van der Waals surface area contributed by atoms with Crippen molar-refractivity contribution in [2.45, 2.75) is 6.42 Å². The number of allylic oxidation sites excluding steroid dienone is 4. The molecule has 2 aromatic rings. The van der Waals surface area contributed by atoms with Gasteiger partial charge in [-0.3, -0.25) is 6.08 Å². The normalized spacial score (nSPS) is 10.7. The van der Waals surface area contributed by atoms with Gasteiger partial charge in [-0.1, -0.05) is 10.5 Å². The van der Waals surface area contributed by atoms with Crippen molar-refractivity contribution in [1.29, 1.82) is 0 Å². The summed E-state index contributed by atoms with van der Waals surface area (Å²) in [5.74, 6) is 0. The van der Waals surface area contributed by atoms with E-state index in [0.29, 0.717) is 0 Å². The summed E-state index contributed by atoms with van der Waals surface area (Å²) in [7, 11) is 0. The van der Waals surface area contributed by atoms with Crippen LogP contribution >= 0.6 is 15.9 Å². The summed E-state index contributed by atoms with van der Waals surface area (Å²) in [4.78, 5) is 0. The van der Waals surface area contributed by atoms with Crippen molar-refractivity contribution in [3.05, 3.63) is 65.2 Å². The Morgan fingerprint density at radius 1 is 1.17 bits per heavy atom. The van der Waals surface area contributed by atoms with Crippen LogP contribution in [-0.2, 0) is 26.2 Å². The number of benzene rings is 1. The summed E-state index contributed by atoms with van der Waals surface area (Å²) >= 11 is 3.47. The van der Waals surface area contributed by atoms with E-state index in [1.165, 1.54) is 15.2 Å². The van der Waals surface area contributed by atoms with Crippen LogP contribution in [0.25, 0.3) is 10.8 Å². The van der Waals surface area contributed by atoms with E-state index in [2.05, 4.69) is 58.4 Å². The van der Waals surface area contributed by atoms with Crippen molar-refractivity contribution in [2.24, 2.45) is 0 Å². The zero-order valence-corrected chi connectivity index (χ0v) is 15.1. The van der Waals surface area contributed by atoms with Gasteiger partial charge in [-0.05, 0) is 0 Å². The molecular weight excluding hydrogens is 410 g/mol. The number of halogens is 3. The number of hydrogen-bond acceptors (Lipinski definition) is 0. The molecule has 0 amide bonds. The van der Waals surface area contributed by atoms with E-state index in [1.807, 2.05) is 18.2 Å². The van der Waals surface area contributed by atoms with Gasteiger partial charge >= 0.3 is 26.2 Å². The number of fused-ring (bicyclic) bond motifs is 1. The Morgan fingerprint density at radius 2 is 1.89 bits per heavy atom. The minimum Gasteiger partial charge on any atom is -1.00 e. The first-order valence-corrected chi connectivity index (χ1v) is 5.69. The average Bonchev–Trinajstić information content (AvgIpc) is 2.92. The molecule has 0 aliphatic heterocycles. The van der Waals surface area contributed by atoms with Gasteiger partial charge in [0.15, 0.2) is 0 Å². The minimum absolute atomic E-state index is 0. The van der Waals surface area contributed by atoms with Crippen LogP contribution in [0.3, 0.4) is 0 Å². The molecule has 0 saturated carbocycles. The zero-order chi connectivity index (χ0) is 10.5. The third-order valence-electron chi connectivity index (χ3n) is 2.21. The fraction of sp³-hybridized carbons (Fsp3) is 0.0714. The van der Waals surface area contributed by atoms with Crippen LogP contribution in [0.15, 0.2) is 59.1 Å². The van der Waals surface area contributed by atoms with Gasteiger partial charge in [-0.15, -0.1) is 63.5 Å². The molecule has 0 N–H and O–H groups in total. The Balaban J connectivity index is 0. The summed E-state index contributed by atoms with van der Waals surface area (Å²) in [6.45, 7) is 0. The fourth-order valence-corrected chi connectivity index (χ4v) is 1.95. The van der Waals surface area contributed by atoms with E-state index in [9.17, 15) is 0 Å². The maximum atomic E-state index is 3.47. The summed E-state index contributed by atoms with van der Waals surface area (Å²) in [5.41, 5.74) is 0. The van der Waals surface area contributed by atoms with Gasteiger partial charge in [0.2, 0.25) is 0 Å². The van der Waals surface area contributed by atoms with E-state index in [4.69, 9.17) is 0 Å². The average molecular weight is 421 g/mol. The van der Waals surface area contributed by atoms with Crippen molar-refractivity contribution < 1.29 is 51.0 Å². The monoisotopic (exact) mass is 418 g/mol. The van der Waals surface area contributed by atoms with Gasteiger partial charge in [0.1, 0.15) is 0 Å². The molecule has 0 aromatic heterocycles. The SMILES string of the molecule is Brc1c[cH-]c2ccccc12.[C-]1=CC=CC1.[Cl-].[Cl-].[Zr+4]. The second kappa shape index (κ2) is 11.1. The molecule has 92 valence electrons. The van der Waals surface area contributed by atoms with Crippen molar-refractivity contribution in [3.63, 3.8) is 0 Å². The van der Waals surface area contributed by atoms with E-state index < -0.39 is 0 Å². The van der Waals surface area contributed by atoms with E-state index in [-0.39, 0.29) is 51.0 Å². The molecule has 0 unspecified atom stereocenters. The van der Waals surface area contributed by atoms with Crippen LogP contribution in [0.5, 0.6) is 0 Å². The molecule has 4 heteroatoms. The van der Waals surface area contributed by atoms with Crippen LogP contribution in [0, 0.1) is 6.08 Å². The summed E-state index contributed by atoms with van der Waals surface area (Å²) in [6.07, 6.45) is 10.0. The minimum atomic E-state index is 0. The molecule has 0 bridgehead atoms. The quantitative estimate of drug-likeness (QED) is 0.461.